The third-order valence-electron chi connectivity index (χ3n) is 2.26. The second-order valence-electron chi connectivity index (χ2n) is 3.31. The Balaban J connectivity index is 2.29. The van der Waals surface area contributed by atoms with Crippen molar-refractivity contribution in [1.82, 2.24) is 4.98 Å². The lowest BCUT2D eigenvalue weighted by molar-refractivity contribution is 1.14. The smallest absolute Gasteiger partial charge is 0.0994 e. The second-order valence-corrected chi connectivity index (χ2v) is 3.31. The fourth-order valence-corrected chi connectivity index (χ4v) is 1.51. The van der Waals surface area contributed by atoms with E-state index in [1.54, 1.807) is 6.20 Å². The fraction of sp³-hybridized carbons (Fsp3) is 0.0769. The minimum absolute atomic E-state index is 0.737. The molecule has 1 heterocycles. The molecule has 1 aromatic carbocycles. The number of hydrogen-bond donors (Lipinski definition) is 0. The highest BCUT2D eigenvalue weighted by Crippen LogP contribution is 2.12. The van der Waals surface area contributed by atoms with Gasteiger partial charge in [0.2, 0.25) is 0 Å². The normalized spacial score (nSPS) is 9.53. The summed E-state index contributed by atoms with van der Waals surface area (Å²) in [6.07, 6.45) is 4.34. The minimum Gasteiger partial charge on any atom is -0.264 e. The third-order valence-corrected chi connectivity index (χ3v) is 2.26. The molecule has 0 aliphatic carbocycles. The zero-order valence-electron chi connectivity index (χ0n) is 8.22. The average Bonchev–Trinajstić information content (AvgIpc) is 2.31. The SMILES string of the molecule is N#Cc1ccccc1Cc1cccnc1. The van der Waals surface area contributed by atoms with Gasteiger partial charge in [-0.15, -0.1) is 0 Å². The van der Waals surface area contributed by atoms with Gasteiger partial charge in [-0.25, -0.2) is 0 Å². The first kappa shape index (κ1) is 9.42. The van der Waals surface area contributed by atoms with Gasteiger partial charge in [-0.05, 0) is 23.3 Å². The van der Waals surface area contributed by atoms with E-state index in [1.807, 2.05) is 42.6 Å². The highest BCUT2D eigenvalue weighted by atomic mass is 14.6. The van der Waals surface area contributed by atoms with Crippen molar-refractivity contribution in [3.8, 4) is 6.07 Å². The van der Waals surface area contributed by atoms with Crippen LogP contribution in [0.3, 0.4) is 0 Å². The predicted octanol–water partition coefficient (Wildman–Crippen LogP) is 2.54. The van der Waals surface area contributed by atoms with Crippen LogP contribution in [0.25, 0.3) is 0 Å². The van der Waals surface area contributed by atoms with E-state index in [9.17, 15) is 0 Å². The zero-order chi connectivity index (χ0) is 10.5. The molecule has 2 nitrogen and oxygen atoms in total. The largest absolute Gasteiger partial charge is 0.264 e. The lowest BCUT2D eigenvalue weighted by Gasteiger charge is -2.02. The molecule has 1 aromatic heterocycles. The molecule has 0 aliphatic rings. The van der Waals surface area contributed by atoms with Crippen LogP contribution in [-0.4, -0.2) is 4.98 Å². The molecule has 0 spiro atoms. The summed E-state index contributed by atoms with van der Waals surface area (Å²) < 4.78 is 0. The summed E-state index contributed by atoms with van der Waals surface area (Å²) in [5.41, 5.74) is 2.91. The summed E-state index contributed by atoms with van der Waals surface area (Å²) in [7, 11) is 0. The van der Waals surface area contributed by atoms with Gasteiger partial charge < -0.3 is 0 Å². The summed E-state index contributed by atoms with van der Waals surface area (Å²) in [6, 6.07) is 13.8. The topological polar surface area (TPSA) is 36.7 Å². The Morgan fingerprint density at radius 1 is 1.13 bits per heavy atom. The van der Waals surface area contributed by atoms with Crippen molar-refractivity contribution in [2.45, 2.75) is 6.42 Å². The van der Waals surface area contributed by atoms with E-state index < -0.39 is 0 Å². The minimum atomic E-state index is 0.737. The average molecular weight is 194 g/mol. The van der Waals surface area contributed by atoms with E-state index in [4.69, 9.17) is 5.26 Å². The molecule has 0 radical (unpaired) electrons. The van der Waals surface area contributed by atoms with E-state index in [2.05, 4.69) is 11.1 Å². The number of benzene rings is 1. The quantitative estimate of drug-likeness (QED) is 0.736. The van der Waals surface area contributed by atoms with Gasteiger partial charge in [0, 0.05) is 18.8 Å². The van der Waals surface area contributed by atoms with E-state index in [-0.39, 0.29) is 0 Å². The lowest BCUT2D eigenvalue weighted by atomic mass is 10.0. The summed E-state index contributed by atoms with van der Waals surface area (Å²) in [4.78, 5) is 4.05. The second kappa shape index (κ2) is 4.39. The van der Waals surface area contributed by atoms with Crippen LogP contribution in [-0.2, 0) is 6.42 Å². The maximum absolute atomic E-state index is 8.93. The number of hydrogen-bond acceptors (Lipinski definition) is 2. The van der Waals surface area contributed by atoms with Crippen LogP contribution in [0.2, 0.25) is 0 Å². The number of nitrogens with zero attached hydrogens (tertiary/aromatic N) is 2. The van der Waals surface area contributed by atoms with Crippen LogP contribution in [0.4, 0.5) is 0 Å². The molecule has 2 aromatic rings. The van der Waals surface area contributed by atoms with Gasteiger partial charge in [0.15, 0.2) is 0 Å². The van der Waals surface area contributed by atoms with E-state index in [0.29, 0.717) is 0 Å². The third kappa shape index (κ3) is 2.21. The first-order valence-corrected chi connectivity index (χ1v) is 4.77. The molecular formula is C13H10N2. The van der Waals surface area contributed by atoms with Crippen LogP contribution in [0, 0.1) is 11.3 Å². The lowest BCUT2D eigenvalue weighted by Crippen LogP contribution is -1.92. The predicted molar refractivity (Wildman–Crippen MR) is 58.2 cm³/mol. The fourth-order valence-electron chi connectivity index (χ4n) is 1.51. The van der Waals surface area contributed by atoms with E-state index in [1.165, 1.54) is 0 Å². The maximum atomic E-state index is 8.93. The molecule has 0 aliphatic heterocycles. The number of rotatable bonds is 2. The van der Waals surface area contributed by atoms with Gasteiger partial charge in [-0.3, -0.25) is 4.98 Å². The highest BCUT2D eigenvalue weighted by Gasteiger charge is 2.01. The van der Waals surface area contributed by atoms with Crippen molar-refractivity contribution in [3.63, 3.8) is 0 Å². The van der Waals surface area contributed by atoms with Crippen molar-refractivity contribution in [1.29, 1.82) is 5.26 Å². The van der Waals surface area contributed by atoms with Gasteiger partial charge in [-0.2, -0.15) is 5.26 Å². The van der Waals surface area contributed by atoms with E-state index in [0.717, 1.165) is 23.1 Å². The Kier molecular flexibility index (Phi) is 2.75. The van der Waals surface area contributed by atoms with Crippen molar-refractivity contribution in [2.24, 2.45) is 0 Å². The molecule has 0 saturated carbocycles. The zero-order valence-corrected chi connectivity index (χ0v) is 8.22. The molecule has 15 heavy (non-hydrogen) atoms. The van der Waals surface area contributed by atoms with Crippen LogP contribution in [0.1, 0.15) is 16.7 Å². The molecule has 2 heteroatoms. The van der Waals surface area contributed by atoms with Gasteiger partial charge in [-0.1, -0.05) is 24.3 Å². The summed E-state index contributed by atoms with van der Waals surface area (Å²) >= 11 is 0. The van der Waals surface area contributed by atoms with Crippen molar-refractivity contribution < 1.29 is 0 Å². The summed E-state index contributed by atoms with van der Waals surface area (Å²) in [5.74, 6) is 0. The molecule has 2 rings (SSSR count). The van der Waals surface area contributed by atoms with Crippen molar-refractivity contribution >= 4 is 0 Å². The van der Waals surface area contributed by atoms with Crippen LogP contribution in [0.5, 0.6) is 0 Å². The maximum Gasteiger partial charge on any atom is 0.0994 e. The first-order chi connectivity index (χ1) is 7.40. The molecule has 72 valence electrons. The Labute approximate surface area is 88.8 Å². The molecule has 0 atom stereocenters. The summed E-state index contributed by atoms with van der Waals surface area (Å²) in [6.45, 7) is 0. The van der Waals surface area contributed by atoms with Crippen molar-refractivity contribution in [3.05, 3.63) is 65.5 Å². The Bertz CT molecular complexity index is 483. The molecule has 0 fully saturated rings. The number of aromatic nitrogens is 1. The van der Waals surface area contributed by atoms with E-state index >= 15 is 0 Å². The molecule has 0 N–H and O–H groups in total. The van der Waals surface area contributed by atoms with Crippen molar-refractivity contribution in [2.75, 3.05) is 0 Å². The van der Waals surface area contributed by atoms with Gasteiger partial charge in [0.25, 0.3) is 0 Å². The Morgan fingerprint density at radius 3 is 2.73 bits per heavy atom. The molecular weight excluding hydrogens is 184 g/mol. The Hall–Kier alpha value is -2.14. The Morgan fingerprint density at radius 2 is 2.00 bits per heavy atom. The van der Waals surface area contributed by atoms with Gasteiger partial charge in [0.05, 0.1) is 11.6 Å². The highest BCUT2D eigenvalue weighted by molar-refractivity contribution is 5.39. The number of nitriles is 1. The van der Waals surface area contributed by atoms with Crippen LogP contribution >= 0.6 is 0 Å². The monoisotopic (exact) mass is 194 g/mol. The van der Waals surface area contributed by atoms with Crippen LogP contribution in [0.15, 0.2) is 48.8 Å². The molecule has 0 saturated heterocycles. The molecule has 0 unspecified atom stereocenters. The molecule has 0 bridgehead atoms. The molecule has 0 amide bonds. The van der Waals surface area contributed by atoms with Gasteiger partial charge in [0.1, 0.15) is 0 Å². The number of pyridine rings is 1. The standard InChI is InChI=1S/C13H10N2/c14-9-13-6-2-1-5-12(13)8-11-4-3-7-15-10-11/h1-7,10H,8H2. The van der Waals surface area contributed by atoms with Crippen LogP contribution < -0.4 is 0 Å². The van der Waals surface area contributed by atoms with Gasteiger partial charge >= 0.3 is 0 Å². The summed E-state index contributed by atoms with van der Waals surface area (Å²) in [5, 5.41) is 8.93. The first-order valence-electron chi connectivity index (χ1n) is 4.77.